The molecule has 30 heavy (non-hydrogen) atoms. The zero-order chi connectivity index (χ0) is 21.8. The number of thioether (sulfide) groups is 1. The predicted octanol–water partition coefficient (Wildman–Crippen LogP) is 5.16. The first kappa shape index (κ1) is 22.5. The molecule has 1 amide bonds. The summed E-state index contributed by atoms with van der Waals surface area (Å²) in [6.07, 6.45) is 0. The van der Waals surface area contributed by atoms with Crippen molar-refractivity contribution < 1.29 is 9.53 Å². The average molecular weight is 465 g/mol. The van der Waals surface area contributed by atoms with E-state index in [1.165, 1.54) is 11.8 Å². The maximum atomic E-state index is 12.7. The highest BCUT2D eigenvalue weighted by Gasteiger charge is 2.22. The van der Waals surface area contributed by atoms with Crippen molar-refractivity contribution in [3.8, 4) is 17.1 Å². The Hall–Kier alpha value is -2.22. The lowest BCUT2D eigenvalue weighted by Gasteiger charge is -2.18. The van der Waals surface area contributed by atoms with E-state index in [9.17, 15) is 4.79 Å². The fraction of sp³-hybridized carbons (Fsp3) is 0.286. The van der Waals surface area contributed by atoms with Crippen molar-refractivity contribution in [2.45, 2.75) is 30.3 Å². The van der Waals surface area contributed by atoms with Crippen LogP contribution in [0.4, 0.5) is 0 Å². The molecule has 0 aliphatic carbocycles. The minimum atomic E-state index is -0.370. The molecule has 3 rings (SSSR count). The van der Waals surface area contributed by atoms with Crippen molar-refractivity contribution in [2.24, 2.45) is 7.05 Å². The second kappa shape index (κ2) is 9.73. The van der Waals surface area contributed by atoms with Gasteiger partial charge >= 0.3 is 0 Å². The summed E-state index contributed by atoms with van der Waals surface area (Å²) in [4.78, 5) is 12.7. The summed E-state index contributed by atoms with van der Waals surface area (Å²) in [6, 6.07) is 12.6. The van der Waals surface area contributed by atoms with E-state index in [4.69, 9.17) is 27.9 Å². The van der Waals surface area contributed by atoms with Crippen molar-refractivity contribution in [2.75, 3.05) is 7.11 Å². The third-order valence-corrected chi connectivity index (χ3v) is 6.32. The highest BCUT2D eigenvalue weighted by Crippen LogP contribution is 2.29. The van der Waals surface area contributed by atoms with Crippen LogP contribution in [0.5, 0.6) is 5.75 Å². The summed E-state index contributed by atoms with van der Waals surface area (Å²) < 4.78 is 7.06. The quantitative estimate of drug-likeness (QED) is 0.489. The Morgan fingerprint density at radius 2 is 1.83 bits per heavy atom. The predicted molar refractivity (Wildman–Crippen MR) is 121 cm³/mol. The van der Waals surface area contributed by atoms with E-state index in [2.05, 4.69) is 15.5 Å². The number of amides is 1. The zero-order valence-corrected chi connectivity index (χ0v) is 19.3. The third-order valence-electron chi connectivity index (χ3n) is 4.62. The maximum absolute atomic E-state index is 12.7. The largest absolute Gasteiger partial charge is 0.497 e. The van der Waals surface area contributed by atoms with Crippen molar-refractivity contribution in [3.63, 3.8) is 0 Å². The molecule has 158 valence electrons. The van der Waals surface area contributed by atoms with Gasteiger partial charge in [0.2, 0.25) is 5.91 Å². The molecule has 1 aromatic heterocycles. The van der Waals surface area contributed by atoms with Gasteiger partial charge in [0, 0.05) is 22.7 Å². The Labute approximate surface area is 189 Å². The van der Waals surface area contributed by atoms with E-state index in [0.717, 1.165) is 16.9 Å². The molecule has 3 aromatic rings. The minimum Gasteiger partial charge on any atom is -0.497 e. The number of benzene rings is 2. The Morgan fingerprint density at radius 1 is 1.13 bits per heavy atom. The van der Waals surface area contributed by atoms with Crippen LogP contribution in [0.1, 0.15) is 25.5 Å². The number of hydrogen-bond acceptors (Lipinski definition) is 5. The van der Waals surface area contributed by atoms with Crippen LogP contribution in [0.2, 0.25) is 10.0 Å². The summed E-state index contributed by atoms with van der Waals surface area (Å²) in [6.45, 7) is 3.71. The standard InChI is InChI=1S/C21H22Cl2N4O2S/c1-12(17-10-7-15(22)11-18(17)23)24-20(28)13(2)30-21-26-25-19(27(21)3)14-5-8-16(29-4)9-6-14/h5-13H,1-4H3,(H,24,28). The molecular weight excluding hydrogens is 443 g/mol. The van der Waals surface area contributed by atoms with Crippen LogP contribution < -0.4 is 10.1 Å². The van der Waals surface area contributed by atoms with E-state index in [1.54, 1.807) is 19.2 Å². The molecule has 0 fully saturated rings. The van der Waals surface area contributed by atoms with Gasteiger partial charge < -0.3 is 14.6 Å². The van der Waals surface area contributed by atoms with Crippen molar-refractivity contribution >= 4 is 40.9 Å². The molecule has 1 heterocycles. The molecule has 2 unspecified atom stereocenters. The number of carbonyl (C=O) groups is 1. The monoisotopic (exact) mass is 464 g/mol. The Kier molecular flexibility index (Phi) is 7.28. The number of hydrogen-bond donors (Lipinski definition) is 1. The summed E-state index contributed by atoms with van der Waals surface area (Å²) in [5.41, 5.74) is 1.73. The van der Waals surface area contributed by atoms with Crippen molar-refractivity contribution in [1.29, 1.82) is 0 Å². The summed E-state index contributed by atoms with van der Waals surface area (Å²) >= 11 is 13.5. The molecule has 0 bridgehead atoms. The highest BCUT2D eigenvalue weighted by molar-refractivity contribution is 8.00. The second-order valence-corrected chi connectivity index (χ2v) is 8.90. The lowest BCUT2D eigenvalue weighted by Crippen LogP contribution is -2.33. The van der Waals surface area contributed by atoms with Crippen LogP contribution in [0.15, 0.2) is 47.6 Å². The van der Waals surface area contributed by atoms with Crippen molar-refractivity contribution in [1.82, 2.24) is 20.1 Å². The average Bonchev–Trinajstić information content (AvgIpc) is 3.08. The number of carbonyl (C=O) groups excluding carboxylic acids is 1. The van der Waals surface area contributed by atoms with E-state index in [-0.39, 0.29) is 17.2 Å². The molecule has 2 atom stereocenters. The number of methoxy groups -OCH3 is 1. The molecule has 6 nitrogen and oxygen atoms in total. The fourth-order valence-corrected chi connectivity index (χ4v) is 4.28. The van der Waals surface area contributed by atoms with Gasteiger partial charge in [-0.15, -0.1) is 10.2 Å². The van der Waals surface area contributed by atoms with E-state index >= 15 is 0 Å². The summed E-state index contributed by atoms with van der Waals surface area (Å²) in [7, 11) is 3.50. The molecule has 2 aromatic carbocycles. The van der Waals surface area contributed by atoms with Crippen LogP contribution >= 0.6 is 35.0 Å². The topological polar surface area (TPSA) is 69.0 Å². The molecule has 9 heteroatoms. The van der Waals surface area contributed by atoms with E-state index in [1.807, 2.05) is 55.8 Å². The van der Waals surface area contributed by atoms with Gasteiger partial charge in [-0.1, -0.05) is 41.0 Å². The zero-order valence-electron chi connectivity index (χ0n) is 17.0. The normalized spacial score (nSPS) is 13.0. The first-order valence-corrected chi connectivity index (χ1v) is 10.9. The Morgan fingerprint density at radius 3 is 2.47 bits per heavy atom. The van der Waals surface area contributed by atoms with Crippen LogP contribution in [-0.2, 0) is 11.8 Å². The molecular formula is C21H22Cl2N4O2S. The number of nitrogens with one attached hydrogen (secondary N) is 1. The van der Waals surface area contributed by atoms with Gasteiger partial charge in [-0.25, -0.2) is 0 Å². The van der Waals surface area contributed by atoms with E-state index < -0.39 is 0 Å². The SMILES string of the molecule is COc1ccc(-c2nnc(SC(C)C(=O)NC(C)c3ccc(Cl)cc3Cl)n2C)cc1. The van der Waals surface area contributed by atoms with Crippen LogP contribution in [0, 0.1) is 0 Å². The lowest BCUT2D eigenvalue weighted by molar-refractivity contribution is -0.120. The highest BCUT2D eigenvalue weighted by atomic mass is 35.5. The molecule has 0 saturated heterocycles. The second-order valence-electron chi connectivity index (χ2n) is 6.75. The van der Waals surface area contributed by atoms with Gasteiger partial charge in [0.05, 0.1) is 18.4 Å². The first-order chi connectivity index (χ1) is 14.3. The number of nitrogens with zero attached hydrogens (tertiary/aromatic N) is 3. The third kappa shape index (κ3) is 5.09. The Balaban J connectivity index is 1.67. The fourth-order valence-electron chi connectivity index (χ4n) is 2.88. The number of halogens is 2. The number of rotatable bonds is 7. The smallest absolute Gasteiger partial charge is 0.233 e. The van der Waals surface area contributed by atoms with Gasteiger partial charge in [-0.05, 0) is 55.8 Å². The molecule has 0 saturated carbocycles. The van der Waals surface area contributed by atoms with Gasteiger partial charge in [0.1, 0.15) is 5.75 Å². The van der Waals surface area contributed by atoms with Gasteiger partial charge in [0.25, 0.3) is 0 Å². The van der Waals surface area contributed by atoms with E-state index in [0.29, 0.717) is 21.0 Å². The number of aromatic nitrogens is 3. The Bertz CT molecular complexity index is 1040. The molecule has 0 aliphatic rings. The summed E-state index contributed by atoms with van der Waals surface area (Å²) in [5, 5.41) is 12.9. The van der Waals surface area contributed by atoms with Gasteiger partial charge in [-0.2, -0.15) is 0 Å². The van der Waals surface area contributed by atoms with Gasteiger partial charge in [0.15, 0.2) is 11.0 Å². The molecule has 0 aliphatic heterocycles. The number of ether oxygens (including phenoxy) is 1. The first-order valence-electron chi connectivity index (χ1n) is 9.26. The van der Waals surface area contributed by atoms with Gasteiger partial charge in [-0.3, -0.25) is 4.79 Å². The minimum absolute atomic E-state index is 0.118. The molecule has 0 radical (unpaired) electrons. The van der Waals surface area contributed by atoms with Crippen molar-refractivity contribution in [3.05, 3.63) is 58.1 Å². The van der Waals surface area contributed by atoms with Crippen LogP contribution in [0.25, 0.3) is 11.4 Å². The molecule has 0 spiro atoms. The maximum Gasteiger partial charge on any atom is 0.233 e. The van der Waals surface area contributed by atoms with Crippen LogP contribution in [-0.4, -0.2) is 33.0 Å². The van der Waals surface area contributed by atoms with Crippen LogP contribution in [0.3, 0.4) is 0 Å². The summed E-state index contributed by atoms with van der Waals surface area (Å²) in [5.74, 6) is 1.37. The molecule has 1 N–H and O–H groups in total. The lowest BCUT2D eigenvalue weighted by atomic mass is 10.1.